The number of halogens is 1. The molecule has 1 rings (SSSR count). The number of anilines is 1. The largest absolute Gasteiger partial charge is 0.468 e. The highest BCUT2D eigenvalue weighted by Gasteiger charge is 2.09. The Morgan fingerprint density at radius 3 is 2.59 bits per heavy atom. The minimum atomic E-state index is -0.470. The molecule has 0 aromatic heterocycles. The summed E-state index contributed by atoms with van der Waals surface area (Å²) in [5, 5.41) is 3.17. The van der Waals surface area contributed by atoms with E-state index in [1.165, 1.54) is 26.4 Å². The number of benzene rings is 1. The molecule has 0 amide bonds. The number of hydrogen-bond acceptors (Lipinski definition) is 5. The lowest BCUT2D eigenvalue weighted by Crippen LogP contribution is -2.15. The van der Waals surface area contributed by atoms with Gasteiger partial charge in [-0.1, -0.05) is 11.6 Å². The number of rotatable bonds is 4. The van der Waals surface area contributed by atoms with Gasteiger partial charge in [0, 0.05) is 0 Å². The van der Waals surface area contributed by atoms with Crippen molar-refractivity contribution in [3.8, 4) is 0 Å². The number of ether oxygens (including phenoxy) is 2. The molecule has 0 fully saturated rings. The SMILES string of the molecule is COC(=O)CNc1cc(C(=O)OC)ccc1Cl. The molecular weight excluding hydrogens is 246 g/mol. The van der Waals surface area contributed by atoms with Crippen molar-refractivity contribution in [3.05, 3.63) is 28.8 Å². The summed E-state index contributed by atoms with van der Waals surface area (Å²) in [4.78, 5) is 22.2. The van der Waals surface area contributed by atoms with Gasteiger partial charge in [0.05, 0.1) is 30.5 Å². The number of methoxy groups -OCH3 is 2. The molecule has 0 spiro atoms. The molecule has 92 valence electrons. The summed E-state index contributed by atoms with van der Waals surface area (Å²) < 4.78 is 9.05. The molecule has 6 heteroatoms. The second-order valence-electron chi connectivity index (χ2n) is 3.12. The van der Waals surface area contributed by atoms with Crippen LogP contribution in [0.4, 0.5) is 5.69 Å². The van der Waals surface area contributed by atoms with Crippen LogP contribution in [-0.2, 0) is 14.3 Å². The molecule has 0 unspecified atom stereocenters. The highest BCUT2D eigenvalue weighted by Crippen LogP contribution is 2.23. The van der Waals surface area contributed by atoms with Crippen molar-refractivity contribution >= 4 is 29.2 Å². The summed E-state index contributed by atoms with van der Waals surface area (Å²) >= 11 is 5.90. The first kappa shape index (κ1) is 13.3. The molecule has 1 N–H and O–H groups in total. The van der Waals surface area contributed by atoms with Crippen LogP contribution in [0.3, 0.4) is 0 Å². The van der Waals surface area contributed by atoms with Crippen molar-refractivity contribution in [2.75, 3.05) is 26.1 Å². The maximum atomic E-state index is 11.3. The van der Waals surface area contributed by atoms with Gasteiger partial charge in [0.15, 0.2) is 0 Å². The molecule has 0 aliphatic carbocycles. The van der Waals surface area contributed by atoms with Crippen molar-refractivity contribution in [2.45, 2.75) is 0 Å². The first-order valence-corrected chi connectivity index (χ1v) is 5.15. The number of nitrogens with one attached hydrogen (secondary N) is 1. The monoisotopic (exact) mass is 257 g/mol. The van der Waals surface area contributed by atoms with Gasteiger partial charge >= 0.3 is 11.9 Å². The summed E-state index contributed by atoms with van der Waals surface area (Å²) in [6.45, 7) is -0.0269. The van der Waals surface area contributed by atoms with Crippen LogP contribution in [0.5, 0.6) is 0 Å². The third kappa shape index (κ3) is 3.64. The van der Waals surface area contributed by atoms with Crippen molar-refractivity contribution in [2.24, 2.45) is 0 Å². The van der Waals surface area contributed by atoms with Gasteiger partial charge in [0.2, 0.25) is 0 Å². The zero-order valence-electron chi connectivity index (χ0n) is 9.45. The molecule has 0 radical (unpaired) electrons. The van der Waals surface area contributed by atoms with E-state index in [1.807, 2.05) is 0 Å². The van der Waals surface area contributed by atoms with Gasteiger partial charge < -0.3 is 14.8 Å². The lowest BCUT2D eigenvalue weighted by atomic mass is 10.2. The predicted octanol–water partition coefficient (Wildman–Crippen LogP) is 1.71. The lowest BCUT2D eigenvalue weighted by molar-refractivity contribution is -0.138. The number of hydrogen-bond donors (Lipinski definition) is 1. The topological polar surface area (TPSA) is 64.6 Å². The molecule has 0 saturated carbocycles. The van der Waals surface area contributed by atoms with Crippen LogP contribution in [0.25, 0.3) is 0 Å². The molecule has 1 aromatic carbocycles. The maximum absolute atomic E-state index is 11.3. The fourth-order valence-corrected chi connectivity index (χ4v) is 1.33. The molecule has 0 aliphatic rings. The van der Waals surface area contributed by atoms with Gasteiger partial charge in [-0.15, -0.1) is 0 Å². The number of carbonyl (C=O) groups excluding carboxylic acids is 2. The van der Waals surface area contributed by atoms with E-state index in [4.69, 9.17) is 11.6 Å². The Morgan fingerprint density at radius 1 is 1.29 bits per heavy atom. The van der Waals surface area contributed by atoms with E-state index < -0.39 is 11.9 Å². The van der Waals surface area contributed by atoms with Crippen LogP contribution in [0.1, 0.15) is 10.4 Å². The average Bonchev–Trinajstić information content (AvgIpc) is 2.36. The standard InChI is InChI=1S/C11H12ClNO4/c1-16-10(14)6-13-9-5-7(11(15)17-2)3-4-8(9)12/h3-5,13H,6H2,1-2H3. The van der Waals surface area contributed by atoms with Gasteiger partial charge in [-0.3, -0.25) is 4.79 Å². The van der Waals surface area contributed by atoms with Crippen molar-refractivity contribution in [1.82, 2.24) is 0 Å². The molecule has 0 saturated heterocycles. The lowest BCUT2D eigenvalue weighted by Gasteiger charge is -2.08. The molecular formula is C11H12ClNO4. The zero-order valence-corrected chi connectivity index (χ0v) is 10.2. The Morgan fingerprint density at radius 2 is 2.00 bits per heavy atom. The van der Waals surface area contributed by atoms with Crippen LogP contribution in [-0.4, -0.2) is 32.7 Å². The molecule has 1 aromatic rings. The van der Waals surface area contributed by atoms with Crippen molar-refractivity contribution < 1.29 is 19.1 Å². The number of carbonyl (C=O) groups is 2. The van der Waals surface area contributed by atoms with Gasteiger partial charge in [0.1, 0.15) is 6.54 Å². The Balaban J connectivity index is 2.83. The fraction of sp³-hybridized carbons (Fsp3) is 0.273. The Labute approximate surface area is 104 Å². The number of esters is 2. The Bertz CT molecular complexity index is 433. The van der Waals surface area contributed by atoms with E-state index in [2.05, 4.69) is 14.8 Å². The fourth-order valence-electron chi connectivity index (χ4n) is 1.15. The highest BCUT2D eigenvalue weighted by atomic mass is 35.5. The van der Waals surface area contributed by atoms with Gasteiger partial charge in [0.25, 0.3) is 0 Å². The zero-order chi connectivity index (χ0) is 12.8. The normalized spacial score (nSPS) is 9.59. The third-order valence-electron chi connectivity index (χ3n) is 2.04. The van der Waals surface area contributed by atoms with E-state index in [0.717, 1.165) is 0 Å². The Kier molecular flexibility index (Phi) is 4.78. The van der Waals surface area contributed by atoms with E-state index in [0.29, 0.717) is 16.3 Å². The van der Waals surface area contributed by atoms with Crippen LogP contribution < -0.4 is 5.32 Å². The second-order valence-corrected chi connectivity index (χ2v) is 3.52. The molecule has 0 bridgehead atoms. The third-order valence-corrected chi connectivity index (χ3v) is 2.37. The highest BCUT2D eigenvalue weighted by molar-refractivity contribution is 6.33. The maximum Gasteiger partial charge on any atom is 0.337 e. The summed E-state index contributed by atoms with van der Waals surface area (Å²) in [7, 11) is 2.58. The van der Waals surface area contributed by atoms with E-state index in [-0.39, 0.29) is 6.54 Å². The predicted molar refractivity (Wildman–Crippen MR) is 63.3 cm³/mol. The minimum absolute atomic E-state index is 0.0269. The minimum Gasteiger partial charge on any atom is -0.468 e. The second kappa shape index (κ2) is 6.10. The van der Waals surface area contributed by atoms with Gasteiger partial charge in [-0.05, 0) is 18.2 Å². The van der Waals surface area contributed by atoms with Crippen molar-refractivity contribution in [1.29, 1.82) is 0 Å². The van der Waals surface area contributed by atoms with Crippen LogP contribution in [0.2, 0.25) is 5.02 Å². The van der Waals surface area contributed by atoms with Gasteiger partial charge in [-0.2, -0.15) is 0 Å². The quantitative estimate of drug-likeness (QED) is 0.832. The summed E-state index contributed by atoms with van der Waals surface area (Å²) in [6, 6.07) is 4.60. The van der Waals surface area contributed by atoms with Crippen LogP contribution in [0.15, 0.2) is 18.2 Å². The smallest absolute Gasteiger partial charge is 0.337 e. The molecule has 0 aliphatic heterocycles. The van der Waals surface area contributed by atoms with Gasteiger partial charge in [-0.25, -0.2) is 4.79 Å². The average molecular weight is 258 g/mol. The van der Waals surface area contributed by atoms with E-state index in [9.17, 15) is 9.59 Å². The Hall–Kier alpha value is -1.75. The summed E-state index contributed by atoms with van der Waals surface area (Å²) in [5.41, 5.74) is 0.823. The van der Waals surface area contributed by atoms with Crippen LogP contribution >= 0.6 is 11.6 Å². The van der Waals surface area contributed by atoms with E-state index in [1.54, 1.807) is 6.07 Å². The van der Waals surface area contributed by atoms with E-state index >= 15 is 0 Å². The molecule has 0 heterocycles. The molecule has 17 heavy (non-hydrogen) atoms. The van der Waals surface area contributed by atoms with Crippen LogP contribution in [0, 0.1) is 0 Å². The summed E-state index contributed by atoms with van der Waals surface area (Å²) in [6.07, 6.45) is 0. The first-order valence-electron chi connectivity index (χ1n) is 4.77. The summed E-state index contributed by atoms with van der Waals surface area (Å²) in [5.74, 6) is -0.896. The molecule has 0 atom stereocenters. The van der Waals surface area contributed by atoms with Crippen molar-refractivity contribution in [3.63, 3.8) is 0 Å². The molecule has 5 nitrogen and oxygen atoms in total. The first-order chi connectivity index (χ1) is 8.08.